The molecule has 2 heterocycles. The first-order valence-corrected chi connectivity index (χ1v) is 6.60. The smallest absolute Gasteiger partial charge is 0.316 e. The highest BCUT2D eigenvalue weighted by Gasteiger charge is 1.97. The second kappa shape index (κ2) is 8.78. The van der Waals surface area contributed by atoms with Crippen molar-refractivity contribution in [3.05, 3.63) is 48.0 Å². The van der Waals surface area contributed by atoms with E-state index in [2.05, 4.69) is 15.0 Å². The zero-order valence-corrected chi connectivity index (χ0v) is 11.6. The van der Waals surface area contributed by atoms with E-state index in [-0.39, 0.29) is 6.61 Å². The highest BCUT2D eigenvalue weighted by Crippen LogP contribution is 2.07. The van der Waals surface area contributed by atoms with Crippen molar-refractivity contribution in [3.8, 4) is 6.01 Å². The number of pyridine rings is 1. The molecule has 21 heavy (non-hydrogen) atoms. The molecule has 2 rings (SSSR count). The van der Waals surface area contributed by atoms with E-state index >= 15 is 0 Å². The van der Waals surface area contributed by atoms with Gasteiger partial charge < -0.3 is 14.6 Å². The molecule has 0 radical (unpaired) electrons. The Balaban J connectivity index is 1.80. The summed E-state index contributed by atoms with van der Waals surface area (Å²) in [5, 5.41) is 8.55. The highest BCUT2D eigenvalue weighted by molar-refractivity contribution is 5.68. The number of ether oxygens (including phenoxy) is 2. The van der Waals surface area contributed by atoms with E-state index in [0.29, 0.717) is 25.8 Å². The Morgan fingerprint density at radius 1 is 1.00 bits per heavy atom. The van der Waals surface area contributed by atoms with Crippen LogP contribution in [0, 0.1) is 0 Å². The van der Waals surface area contributed by atoms with Crippen molar-refractivity contribution in [3.63, 3.8) is 0 Å². The van der Waals surface area contributed by atoms with Crippen LogP contribution < -0.4 is 4.74 Å². The van der Waals surface area contributed by atoms with Crippen molar-refractivity contribution in [2.75, 3.05) is 26.4 Å². The average Bonchev–Trinajstić information content (AvgIpc) is 2.55. The zero-order valence-electron chi connectivity index (χ0n) is 11.6. The van der Waals surface area contributed by atoms with Crippen LogP contribution in [0.15, 0.2) is 36.9 Å². The molecule has 6 heteroatoms. The summed E-state index contributed by atoms with van der Waals surface area (Å²) in [4.78, 5) is 12.2. The minimum atomic E-state index is 0.00840. The summed E-state index contributed by atoms with van der Waals surface area (Å²) < 4.78 is 10.4. The summed E-state index contributed by atoms with van der Waals surface area (Å²) in [6.07, 6.45) is 10.7. The van der Waals surface area contributed by atoms with Crippen LogP contribution in [0.5, 0.6) is 6.01 Å². The molecule has 0 atom stereocenters. The lowest BCUT2D eigenvalue weighted by Gasteiger charge is -2.04. The normalized spacial score (nSPS) is 10.9. The fourth-order valence-corrected chi connectivity index (χ4v) is 1.51. The molecule has 0 saturated carbocycles. The van der Waals surface area contributed by atoms with Gasteiger partial charge in [0, 0.05) is 30.4 Å². The number of hydrogen-bond acceptors (Lipinski definition) is 6. The number of nitrogens with zero attached hydrogens (tertiary/aromatic N) is 3. The van der Waals surface area contributed by atoms with Gasteiger partial charge in [0.2, 0.25) is 0 Å². The first-order chi connectivity index (χ1) is 10.4. The van der Waals surface area contributed by atoms with Crippen LogP contribution in [-0.2, 0) is 4.74 Å². The van der Waals surface area contributed by atoms with Crippen LogP contribution in [-0.4, -0.2) is 46.5 Å². The van der Waals surface area contributed by atoms with Crippen molar-refractivity contribution in [2.45, 2.75) is 0 Å². The monoisotopic (exact) mass is 287 g/mol. The fraction of sp³-hybridized carbons (Fsp3) is 0.267. The number of aliphatic hydroxyl groups is 1. The Morgan fingerprint density at radius 3 is 2.52 bits per heavy atom. The third kappa shape index (κ3) is 5.68. The minimum absolute atomic E-state index is 0.00840. The number of aromatic nitrogens is 3. The average molecular weight is 287 g/mol. The van der Waals surface area contributed by atoms with E-state index in [0.717, 1.165) is 11.1 Å². The van der Waals surface area contributed by atoms with Crippen molar-refractivity contribution in [1.29, 1.82) is 0 Å². The Kier molecular flexibility index (Phi) is 6.31. The second-order valence-corrected chi connectivity index (χ2v) is 4.10. The summed E-state index contributed by atoms with van der Waals surface area (Å²) in [5.74, 6) is 0. The van der Waals surface area contributed by atoms with Gasteiger partial charge in [-0.15, -0.1) is 0 Å². The Bertz CT molecular complexity index is 544. The van der Waals surface area contributed by atoms with E-state index in [1.807, 2.05) is 24.3 Å². The third-order valence-corrected chi connectivity index (χ3v) is 2.50. The molecule has 0 fully saturated rings. The lowest BCUT2D eigenvalue weighted by Crippen LogP contribution is -2.10. The summed E-state index contributed by atoms with van der Waals surface area (Å²) in [6, 6.07) is 4.15. The quantitative estimate of drug-likeness (QED) is 0.740. The van der Waals surface area contributed by atoms with Crippen LogP contribution >= 0.6 is 0 Å². The summed E-state index contributed by atoms with van der Waals surface area (Å²) in [6.45, 7) is 1.06. The first kappa shape index (κ1) is 15.1. The Morgan fingerprint density at radius 2 is 1.81 bits per heavy atom. The van der Waals surface area contributed by atoms with Crippen LogP contribution in [0.1, 0.15) is 11.1 Å². The van der Waals surface area contributed by atoms with Gasteiger partial charge in [-0.2, -0.15) is 0 Å². The molecule has 0 amide bonds. The summed E-state index contributed by atoms with van der Waals surface area (Å²) >= 11 is 0. The SMILES string of the molecule is OCCOCCOc1ncc(/C=C/c2cccnc2)cn1. The van der Waals surface area contributed by atoms with Gasteiger partial charge in [-0.1, -0.05) is 18.2 Å². The highest BCUT2D eigenvalue weighted by atomic mass is 16.5. The van der Waals surface area contributed by atoms with Gasteiger partial charge in [0.05, 0.1) is 19.8 Å². The van der Waals surface area contributed by atoms with E-state index in [9.17, 15) is 0 Å². The van der Waals surface area contributed by atoms with Crippen molar-refractivity contribution in [1.82, 2.24) is 15.0 Å². The molecule has 0 unspecified atom stereocenters. The Labute approximate surface area is 123 Å². The van der Waals surface area contributed by atoms with Gasteiger partial charge in [-0.25, -0.2) is 9.97 Å². The third-order valence-electron chi connectivity index (χ3n) is 2.50. The van der Waals surface area contributed by atoms with E-state index in [4.69, 9.17) is 14.6 Å². The van der Waals surface area contributed by atoms with Gasteiger partial charge in [-0.05, 0) is 11.6 Å². The van der Waals surface area contributed by atoms with Crippen LogP contribution in [0.2, 0.25) is 0 Å². The fourth-order valence-electron chi connectivity index (χ4n) is 1.51. The van der Waals surface area contributed by atoms with Crippen molar-refractivity contribution in [2.24, 2.45) is 0 Å². The van der Waals surface area contributed by atoms with Crippen LogP contribution in [0.25, 0.3) is 12.2 Å². The molecule has 0 saturated heterocycles. The lowest BCUT2D eigenvalue weighted by molar-refractivity contribution is 0.0683. The predicted molar refractivity (Wildman–Crippen MR) is 78.6 cm³/mol. The lowest BCUT2D eigenvalue weighted by atomic mass is 10.2. The van der Waals surface area contributed by atoms with Crippen LogP contribution in [0.3, 0.4) is 0 Å². The maximum Gasteiger partial charge on any atom is 0.316 e. The van der Waals surface area contributed by atoms with E-state index < -0.39 is 0 Å². The molecular formula is C15H17N3O3. The van der Waals surface area contributed by atoms with Crippen molar-refractivity contribution < 1.29 is 14.6 Å². The van der Waals surface area contributed by atoms with Gasteiger partial charge in [0.15, 0.2) is 0 Å². The molecule has 0 aliphatic heterocycles. The molecule has 1 N–H and O–H groups in total. The molecule has 0 aromatic carbocycles. The van der Waals surface area contributed by atoms with E-state index in [1.54, 1.807) is 24.8 Å². The molecule has 110 valence electrons. The number of aliphatic hydroxyl groups excluding tert-OH is 1. The molecule has 0 aliphatic rings. The molecular weight excluding hydrogens is 270 g/mol. The molecule has 2 aromatic heterocycles. The van der Waals surface area contributed by atoms with Gasteiger partial charge >= 0.3 is 6.01 Å². The van der Waals surface area contributed by atoms with Gasteiger partial charge in [0.25, 0.3) is 0 Å². The standard InChI is InChI=1S/C15H17N3O3/c19-6-7-20-8-9-21-15-17-11-14(12-18-15)4-3-13-2-1-5-16-10-13/h1-5,10-12,19H,6-9H2/b4-3+. The predicted octanol–water partition coefficient (Wildman–Crippen LogP) is 1.43. The van der Waals surface area contributed by atoms with Crippen LogP contribution in [0.4, 0.5) is 0 Å². The number of hydrogen-bond donors (Lipinski definition) is 1. The zero-order chi connectivity index (χ0) is 14.8. The summed E-state index contributed by atoms with van der Waals surface area (Å²) in [5.41, 5.74) is 1.89. The van der Waals surface area contributed by atoms with E-state index in [1.165, 1.54) is 0 Å². The number of rotatable bonds is 8. The van der Waals surface area contributed by atoms with Crippen molar-refractivity contribution >= 4 is 12.2 Å². The maximum absolute atomic E-state index is 8.55. The first-order valence-electron chi connectivity index (χ1n) is 6.60. The summed E-state index contributed by atoms with van der Waals surface area (Å²) in [7, 11) is 0. The second-order valence-electron chi connectivity index (χ2n) is 4.10. The topological polar surface area (TPSA) is 77.4 Å². The molecule has 6 nitrogen and oxygen atoms in total. The molecule has 2 aromatic rings. The molecule has 0 aliphatic carbocycles. The molecule has 0 spiro atoms. The maximum atomic E-state index is 8.55. The minimum Gasteiger partial charge on any atom is -0.461 e. The van der Waals surface area contributed by atoms with Gasteiger partial charge in [0.1, 0.15) is 6.61 Å². The van der Waals surface area contributed by atoms with Gasteiger partial charge in [-0.3, -0.25) is 4.98 Å². The Hall–Kier alpha value is -2.31. The molecule has 0 bridgehead atoms. The largest absolute Gasteiger partial charge is 0.461 e.